The molecule has 6 heteroatoms. The lowest BCUT2D eigenvalue weighted by Gasteiger charge is -2.09. The number of carbonyl (C=O) groups excluding carboxylic acids is 4. The molecule has 112 valence electrons. The van der Waals surface area contributed by atoms with E-state index in [-0.39, 0.29) is 45.7 Å². The minimum atomic E-state index is -0.278. The van der Waals surface area contributed by atoms with E-state index in [1.807, 2.05) is 27.7 Å². The molecule has 1 heterocycles. The Balaban J connectivity index is 0.000000200. The molecule has 1 aliphatic carbocycles. The lowest BCUT2D eigenvalue weighted by Crippen LogP contribution is -2.27. The summed E-state index contributed by atoms with van der Waals surface area (Å²) in [6, 6.07) is 0. The van der Waals surface area contributed by atoms with Crippen LogP contribution in [0.2, 0.25) is 0 Å². The molecule has 2 amide bonds. The summed E-state index contributed by atoms with van der Waals surface area (Å²) in [5, 5.41) is 1.84. The van der Waals surface area contributed by atoms with Crippen LogP contribution >= 0.6 is 11.8 Å². The van der Waals surface area contributed by atoms with Gasteiger partial charge in [-0.05, 0) is 11.8 Å². The van der Waals surface area contributed by atoms with Gasteiger partial charge in [0.15, 0.2) is 0 Å². The minimum Gasteiger partial charge on any atom is -0.299 e. The van der Waals surface area contributed by atoms with Gasteiger partial charge in [0.05, 0.1) is 11.2 Å². The van der Waals surface area contributed by atoms with Crippen LogP contribution in [0, 0.1) is 17.8 Å². The molecule has 0 aromatic heterocycles. The first-order chi connectivity index (χ1) is 9.23. The first kappa shape index (κ1) is 16.9. The normalized spacial score (nSPS) is 23.4. The lowest BCUT2D eigenvalue weighted by molar-refractivity contribution is -0.128. The summed E-state index contributed by atoms with van der Waals surface area (Å²) in [7, 11) is 0. The highest BCUT2D eigenvalue weighted by atomic mass is 32.2. The molecule has 0 aromatic rings. The van der Waals surface area contributed by atoms with Gasteiger partial charge in [-0.25, -0.2) is 0 Å². The van der Waals surface area contributed by atoms with Gasteiger partial charge in [0.2, 0.25) is 5.91 Å². The number of rotatable bonds is 2. The average Bonchev–Trinajstić information content (AvgIpc) is 2.82. The fraction of sp³-hybridized carbons (Fsp3) is 0.714. The Labute approximate surface area is 123 Å². The second kappa shape index (κ2) is 7.02. The van der Waals surface area contributed by atoms with Crippen LogP contribution in [-0.4, -0.2) is 28.0 Å². The Morgan fingerprint density at radius 3 is 1.65 bits per heavy atom. The highest BCUT2D eigenvalue weighted by Gasteiger charge is 2.34. The van der Waals surface area contributed by atoms with Crippen molar-refractivity contribution >= 4 is 34.5 Å². The quantitative estimate of drug-likeness (QED) is 0.790. The zero-order valence-corrected chi connectivity index (χ0v) is 13.1. The summed E-state index contributed by atoms with van der Waals surface area (Å²) in [5.41, 5.74) is 0. The zero-order chi connectivity index (χ0) is 15.4. The maximum Gasteiger partial charge on any atom is 0.286 e. The second-order valence-corrected chi connectivity index (χ2v) is 6.83. The third-order valence-electron chi connectivity index (χ3n) is 3.30. The smallest absolute Gasteiger partial charge is 0.286 e. The molecule has 20 heavy (non-hydrogen) atoms. The van der Waals surface area contributed by atoms with E-state index in [9.17, 15) is 19.2 Å². The number of imide groups is 1. The summed E-state index contributed by atoms with van der Waals surface area (Å²) >= 11 is 1.08. The van der Waals surface area contributed by atoms with Gasteiger partial charge in [-0.1, -0.05) is 39.5 Å². The molecule has 1 unspecified atom stereocenters. The van der Waals surface area contributed by atoms with E-state index >= 15 is 0 Å². The maximum atomic E-state index is 11.0. The number of hydrogen-bond acceptors (Lipinski definition) is 5. The van der Waals surface area contributed by atoms with Crippen molar-refractivity contribution in [3.8, 4) is 0 Å². The van der Waals surface area contributed by atoms with Crippen LogP contribution in [0.3, 0.4) is 0 Å². The molecule has 1 atom stereocenters. The molecule has 0 radical (unpaired) electrons. The highest BCUT2D eigenvalue weighted by Crippen LogP contribution is 2.25. The summed E-state index contributed by atoms with van der Waals surface area (Å²) in [6.45, 7) is 7.70. The summed E-state index contributed by atoms with van der Waals surface area (Å²) in [4.78, 5) is 43.5. The van der Waals surface area contributed by atoms with Gasteiger partial charge >= 0.3 is 0 Å². The van der Waals surface area contributed by atoms with Gasteiger partial charge < -0.3 is 0 Å². The van der Waals surface area contributed by atoms with E-state index in [0.29, 0.717) is 12.8 Å². The Morgan fingerprint density at radius 1 is 0.950 bits per heavy atom. The standard InChI is InChI=1S/C8H12O2.C6H9NO2S/c1-5(2)8-6(9)3-4-7(8)10;1-3(2)4-5(8)7-6(9)10-4/h5,8H,3-4H2,1-2H3;3-4H,1-2H3,(H,7,8,9). The first-order valence-electron chi connectivity index (χ1n) is 6.81. The van der Waals surface area contributed by atoms with Crippen molar-refractivity contribution in [2.75, 3.05) is 0 Å². The molecule has 2 rings (SSSR count). The monoisotopic (exact) mass is 299 g/mol. The van der Waals surface area contributed by atoms with Crippen molar-refractivity contribution in [1.29, 1.82) is 0 Å². The molecular weight excluding hydrogens is 278 g/mol. The third-order valence-corrected chi connectivity index (χ3v) is 4.63. The van der Waals surface area contributed by atoms with E-state index in [1.54, 1.807) is 0 Å². The Morgan fingerprint density at radius 2 is 1.45 bits per heavy atom. The number of amides is 2. The van der Waals surface area contributed by atoms with E-state index in [2.05, 4.69) is 5.32 Å². The van der Waals surface area contributed by atoms with E-state index in [4.69, 9.17) is 0 Å². The van der Waals surface area contributed by atoms with Gasteiger partial charge in [-0.15, -0.1) is 0 Å². The molecule has 1 saturated heterocycles. The predicted octanol–water partition coefficient (Wildman–Crippen LogP) is 2.18. The molecule has 1 aliphatic heterocycles. The van der Waals surface area contributed by atoms with Crippen LogP contribution in [0.25, 0.3) is 0 Å². The molecule has 2 aliphatic rings. The van der Waals surface area contributed by atoms with Crippen LogP contribution < -0.4 is 5.32 Å². The predicted molar refractivity (Wildman–Crippen MR) is 77.3 cm³/mol. The Bertz CT molecular complexity index is 412. The van der Waals surface area contributed by atoms with Crippen molar-refractivity contribution in [1.82, 2.24) is 5.32 Å². The molecular formula is C14H21NO4S. The molecule has 1 N–H and O–H groups in total. The lowest BCUT2D eigenvalue weighted by atomic mass is 9.93. The maximum absolute atomic E-state index is 11.0. The van der Waals surface area contributed by atoms with E-state index in [1.165, 1.54) is 0 Å². The van der Waals surface area contributed by atoms with E-state index < -0.39 is 0 Å². The number of nitrogens with one attached hydrogen (secondary N) is 1. The molecule has 5 nitrogen and oxygen atoms in total. The number of carbonyl (C=O) groups is 4. The topological polar surface area (TPSA) is 80.3 Å². The highest BCUT2D eigenvalue weighted by molar-refractivity contribution is 8.15. The van der Waals surface area contributed by atoms with Crippen LogP contribution in [0.5, 0.6) is 0 Å². The summed E-state index contributed by atoms with van der Waals surface area (Å²) in [6.07, 6.45) is 0.948. The molecule has 2 fully saturated rings. The van der Waals surface area contributed by atoms with Crippen molar-refractivity contribution < 1.29 is 19.2 Å². The van der Waals surface area contributed by atoms with Crippen LogP contribution in [-0.2, 0) is 14.4 Å². The molecule has 0 spiro atoms. The third kappa shape index (κ3) is 4.16. The molecule has 1 saturated carbocycles. The van der Waals surface area contributed by atoms with Gasteiger partial charge in [0.1, 0.15) is 11.6 Å². The van der Waals surface area contributed by atoms with Gasteiger partial charge in [0, 0.05) is 12.8 Å². The fourth-order valence-electron chi connectivity index (χ4n) is 2.29. The summed E-state index contributed by atoms with van der Waals surface area (Å²) < 4.78 is 0. The number of hydrogen-bond donors (Lipinski definition) is 1. The Kier molecular flexibility index (Phi) is 5.92. The van der Waals surface area contributed by atoms with Crippen LogP contribution in [0.1, 0.15) is 40.5 Å². The van der Waals surface area contributed by atoms with Crippen molar-refractivity contribution in [2.45, 2.75) is 45.8 Å². The SMILES string of the molecule is CC(C)C1C(=O)CCC1=O.CC(C)C1SC(=O)NC1=O. The van der Waals surface area contributed by atoms with Crippen molar-refractivity contribution in [2.24, 2.45) is 17.8 Å². The van der Waals surface area contributed by atoms with Crippen molar-refractivity contribution in [3.63, 3.8) is 0 Å². The van der Waals surface area contributed by atoms with Crippen LogP contribution in [0.15, 0.2) is 0 Å². The molecule has 0 bridgehead atoms. The summed E-state index contributed by atoms with van der Waals surface area (Å²) in [5.74, 6) is 0.281. The first-order valence-corrected chi connectivity index (χ1v) is 7.69. The van der Waals surface area contributed by atoms with Crippen LogP contribution in [0.4, 0.5) is 4.79 Å². The number of ketones is 2. The number of Topliss-reactive ketones (excluding diaryl/α,β-unsaturated/α-hetero) is 2. The van der Waals surface area contributed by atoms with E-state index in [0.717, 1.165) is 11.8 Å². The molecule has 0 aromatic carbocycles. The zero-order valence-electron chi connectivity index (χ0n) is 12.3. The Hall–Kier alpha value is -1.17. The van der Waals surface area contributed by atoms with Gasteiger partial charge in [0.25, 0.3) is 5.24 Å². The van der Waals surface area contributed by atoms with Gasteiger partial charge in [-0.2, -0.15) is 0 Å². The average molecular weight is 299 g/mol. The number of thioether (sulfide) groups is 1. The van der Waals surface area contributed by atoms with Gasteiger partial charge in [-0.3, -0.25) is 24.5 Å². The van der Waals surface area contributed by atoms with Crippen molar-refractivity contribution in [3.05, 3.63) is 0 Å². The second-order valence-electron chi connectivity index (χ2n) is 5.71. The fourth-order valence-corrected chi connectivity index (χ4v) is 3.12. The largest absolute Gasteiger partial charge is 0.299 e. The minimum absolute atomic E-state index is 0.139.